The average Bonchev–Trinajstić information content (AvgIpc) is 3.62. The first kappa shape index (κ1) is 25.5. The molecule has 3 N–H and O–H groups in total. The van der Waals surface area contributed by atoms with E-state index in [1.165, 1.54) is 18.4 Å². The molecule has 0 spiro atoms. The van der Waals surface area contributed by atoms with E-state index in [0.29, 0.717) is 31.9 Å². The number of thiophene rings is 1. The monoisotopic (exact) mass is 514 g/mol. The van der Waals surface area contributed by atoms with Crippen molar-refractivity contribution in [2.24, 2.45) is 5.92 Å². The summed E-state index contributed by atoms with van der Waals surface area (Å²) in [6.45, 7) is 2.57. The minimum Gasteiger partial charge on any atom is -0.481 e. The number of benzene rings is 1. The maximum absolute atomic E-state index is 13.1. The van der Waals surface area contributed by atoms with Gasteiger partial charge in [0.05, 0.1) is 30.9 Å². The van der Waals surface area contributed by atoms with Gasteiger partial charge in [0, 0.05) is 42.5 Å². The quantitative estimate of drug-likeness (QED) is 0.493. The van der Waals surface area contributed by atoms with Crippen LogP contribution in [-0.4, -0.2) is 67.2 Å². The van der Waals surface area contributed by atoms with Crippen molar-refractivity contribution in [1.29, 1.82) is 0 Å². The molecule has 36 heavy (non-hydrogen) atoms. The molecule has 1 saturated carbocycles. The molecule has 0 bridgehead atoms. The summed E-state index contributed by atoms with van der Waals surface area (Å²) in [5, 5.41) is 16.6. The molecule has 1 saturated heterocycles. The van der Waals surface area contributed by atoms with Crippen LogP contribution in [0.4, 0.5) is 16.2 Å². The molecular formula is C25H30N4O6S. The minimum atomic E-state index is -1.02. The number of methoxy groups -OCH3 is 1. The zero-order valence-corrected chi connectivity index (χ0v) is 20.9. The summed E-state index contributed by atoms with van der Waals surface area (Å²) in [6, 6.07) is 7.88. The van der Waals surface area contributed by atoms with Gasteiger partial charge in [-0.2, -0.15) is 0 Å². The van der Waals surface area contributed by atoms with Crippen LogP contribution in [0.5, 0.6) is 0 Å². The third-order valence-corrected chi connectivity index (χ3v) is 7.31. The van der Waals surface area contributed by atoms with Crippen molar-refractivity contribution in [2.75, 3.05) is 43.5 Å². The van der Waals surface area contributed by atoms with E-state index < -0.39 is 24.0 Å². The Labute approximate surface area is 213 Å². The highest BCUT2D eigenvalue weighted by Gasteiger charge is 2.34. The van der Waals surface area contributed by atoms with Crippen LogP contribution in [0.3, 0.4) is 0 Å². The number of ether oxygens (including phenoxy) is 1. The van der Waals surface area contributed by atoms with Crippen molar-refractivity contribution in [3.63, 3.8) is 0 Å². The molecule has 2 heterocycles. The summed E-state index contributed by atoms with van der Waals surface area (Å²) >= 11 is 1.37. The lowest BCUT2D eigenvalue weighted by Gasteiger charge is -2.26. The van der Waals surface area contributed by atoms with Crippen molar-refractivity contribution >= 4 is 46.6 Å². The summed E-state index contributed by atoms with van der Waals surface area (Å²) in [5.41, 5.74) is 1.40. The lowest BCUT2D eigenvalue weighted by molar-refractivity contribution is -0.137. The summed E-state index contributed by atoms with van der Waals surface area (Å²) in [4.78, 5) is 53.8. The maximum Gasteiger partial charge on any atom is 0.411 e. The Morgan fingerprint density at radius 1 is 1.14 bits per heavy atom. The van der Waals surface area contributed by atoms with E-state index in [0.717, 1.165) is 29.8 Å². The molecule has 10 nitrogen and oxygen atoms in total. The van der Waals surface area contributed by atoms with Gasteiger partial charge in [-0.15, -0.1) is 11.3 Å². The largest absolute Gasteiger partial charge is 0.481 e. The van der Waals surface area contributed by atoms with Gasteiger partial charge in [-0.1, -0.05) is 6.07 Å². The molecular weight excluding hydrogens is 484 g/mol. The summed E-state index contributed by atoms with van der Waals surface area (Å²) < 4.78 is 4.77. The number of nitrogens with zero attached hydrogens (tertiary/aromatic N) is 2. The van der Waals surface area contributed by atoms with Gasteiger partial charge >= 0.3 is 12.1 Å². The van der Waals surface area contributed by atoms with Gasteiger partial charge in [0.2, 0.25) is 5.91 Å². The van der Waals surface area contributed by atoms with Gasteiger partial charge < -0.3 is 25.0 Å². The number of hydrogen-bond acceptors (Lipinski definition) is 7. The van der Waals surface area contributed by atoms with Gasteiger partial charge in [-0.25, -0.2) is 4.79 Å². The molecule has 192 valence electrons. The fourth-order valence-electron chi connectivity index (χ4n) is 4.31. The van der Waals surface area contributed by atoms with E-state index in [4.69, 9.17) is 4.74 Å². The Hall–Kier alpha value is -3.60. The second-order valence-corrected chi connectivity index (χ2v) is 9.91. The first-order valence-corrected chi connectivity index (χ1v) is 12.8. The Kier molecular flexibility index (Phi) is 8.09. The van der Waals surface area contributed by atoms with Crippen molar-refractivity contribution in [3.05, 3.63) is 46.2 Å². The van der Waals surface area contributed by atoms with Gasteiger partial charge in [-0.05, 0) is 48.9 Å². The average molecular weight is 515 g/mol. The van der Waals surface area contributed by atoms with Crippen LogP contribution in [0.1, 0.15) is 47.0 Å². The molecule has 1 aliphatic carbocycles. The molecule has 2 fully saturated rings. The van der Waals surface area contributed by atoms with Crippen LogP contribution in [0, 0.1) is 5.92 Å². The number of hydrogen-bond donors (Lipinski definition) is 3. The Balaban J connectivity index is 1.53. The van der Waals surface area contributed by atoms with E-state index in [-0.39, 0.29) is 23.8 Å². The third kappa shape index (κ3) is 6.34. The highest BCUT2D eigenvalue weighted by atomic mass is 32.1. The number of anilines is 2. The number of carboxylic acids is 1. The van der Waals surface area contributed by atoms with Crippen molar-refractivity contribution < 1.29 is 29.0 Å². The standard InChI is InChI=1S/C25H30N4O6S/c1-35-25(34)27-18-14-17(23(32)26-19(15-22(30)31)21-4-2-13-36-21)7-8-20(18)28-9-3-10-29(12-11-28)24(33)16-5-6-16/h2,4,7-8,13-14,16,19H,3,5-6,9-12,15H2,1H3,(H,26,32)(H,27,34)(H,30,31). The molecule has 2 aromatic rings. The second kappa shape index (κ2) is 11.4. The first-order chi connectivity index (χ1) is 17.4. The minimum absolute atomic E-state index is 0.171. The summed E-state index contributed by atoms with van der Waals surface area (Å²) in [6.07, 6.45) is 1.80. The number of carbonyl (C=O) groups excluding carboxylic acids is 3. The number of rotatable bonds is 8. The molecule has 0 radical (unpaired) electrons. The maximum atomic E-state index is 13.1. The van der Waals surface area contributed by atoms with E-state index in [2.05, 4.69) is 15.5 Å². The lowest BCUT2D eigenvalue weighted by atomic mass is 10.1. The molecule has 1 atom stereocenters. The number of carbonyl (C=O) groups is 4. The summed E-state index contributed by atoms with van der Waals surface area (Å²) in [7, 11) is 1.26. The summed E-state index contributed by atoms with van der Waals surface area (Å²) in [5.74, 6) is -1.08. The number of nitrogens with one attached hydrogen (secondary N) is 2. The van der Waals surface area contributed by atoms with Gasteiger partial charge in [0.1, 0.15) is 0 Å². The van der Waals surface area contributed by atoms with E-state index >= 15 is 0 Å². The van der Waals surface area contributed by atoms with E-state index in [1.807, 2.05) is 10.3 Å². The van der Waals surface area contributed by atoms with E-state index in [1.54, 1.807) is 30.3 Å². The molecule has 11 heteroatoms. The molecule has 1 aromatic heterocycles. The fraction of sp³-hybridized carbons (Fsp3) is 0.440. The zero-order chi connectivity index (χ0) is 25.7. The topological polar surface area (TPSA) is 128 Å². The zero-order valence-electron chi connectivity index (χ0n) is 20.1. The van der Waals surface area contributed by atoms with Crippen LogP contribution in [-0.2, 0) is 14.3 Å². The van der Waals surface area contributed by atoms with Crippen LogP contribution in [0.2, 0.25) is 0 Å². The number of aliphatic carboxylic acids is 1. The van der Waals surface area contributed by atoms with Crippen LogP contribution < -0.4 is 15.5 Å². The van der Waals surface area contributed by atoms with Crippen molar-refractivity contribution in [1.82, 2.24) is 10.2 Å². The molecule has 4 rings (SSSR count). The van der Waals surface area contributed by atoms with Crippen molar-refractivity contribution in [2.45, 2.75) is 31.7 Å². The predicted octanol–water partition coefficient (Wildman–Crippen LogP) is 3.32. The number of amides is 3. The molecule has 2 aliphatic rings. The van der Waals surface area contributed by atoms with E-state index in [9.17, 15) is 24.3 Å². The normalized spacial score (nSPS) is 16.6. The molecule has 1 aliphatic heterocycles. The SMILES string of the molecule is COC(=O)Nc1cc(C(=O)NC(CC(=O)O)c2cccs2)ccc1N1CCCN(C(=O)C2CC2)CC1. The smallest absolute Gasteiger partial charge is 0.411 e. The molecule has 1 aromatic carbocycles. The molecule has 1 unspecified atom stereocenters. The fourth-order valence-corrected chi connectivity index (χ4v) is 5.09. The Bertz CT molecular complexity index is 1120. The van der Waals surface area contributed by atoms with Gasteiger partial charge in [-0.3, -0.25) is 19.7 Å². The predicted molar refractivity (Wildman–Crippen MR) is 135 cm³/mol. The first-order valence-electron chi connectivity index (χ1n) is 11.9. The van der Waals surface area contributed by atoms with Gasteiger partial charge in [0.15, 0.2) is 0 Å². The molecule has 3 amide bonds. The van der Waals surface area contributed by atoms with Crippen molar-refractivity contribution in [3.8, 4) is 0 Å². The van der Waals surface area contributed by atoms with Gasteiger partial charge in [0.25, 0.3) is 5.91 Å². The third-order valence-electron chi connectivity index (χ3n) is 6.33. The van der Waals surface area contributed by atoms with Crippen LogP contribution >= 0.6 is 11.3 Å². The Morgan fingerprint density at radius 2 is 1.94 bits per heavy atom. The highest BCUT2D eigenvalue weighted by molar-refractivity contribution is 7.10. The lowest BCUT2D eigenvalue weighted by Crippen LogP contribution is -2.36. The van der Waals surface area contributed by atoms with Crippen LogP contribution in [0.25, 0.3) is 0 Å². The Morgan fingerprint density at radius 3 is 2.61 bits per heavy atom. The van der Waals surface area contributed by atoms with Crippen LogP contribution in [0.15, 0.2) is 35.7 Å². The second-order valence-electron chi connectivity index (χ2n) is 8.93. The number of carboxylic acid groups (broad SMARTS) is 1. The highest BCUT2D eigenvalue weighted by Crippen LogP contribution is 2.33.